The largest absolute Gasteiger partial charge is 0.488 e. The fraction of sp³-hybridized carbons (Fsp3) is 0.500. The molecule has 15 nitrogen and oxygen atoms in total. The molecule has 0 aliphatic rings. The van der Waals surface area contributed by atoms with Crippen molar-refractivity contribution in [2.24, 2.45) is 0 Å². The van der Waals surface area contributed by atoms with Crippen molar-refractivity contribution >= 4 is 29.1 Å². The zero-order chi connectivity index (χ0) is 20.2. The van der Waals surface area contributed by atoms with Gasteiger partial charge in [-0.3, -0.25) is 9.13 Å². The Kier molecular flexibility index (Phi) is 7.84. The van der Waals surface area contributed by atoms with Crippen molar-refractivity contribution in [2.45, 2.75) is 12.6 Å². The number of nitrogen functional groups attached to an aromatic ring is 1. The van der Waals surface area contributed by atoms with Gasteiger partial charge in [0, 0.05) is 6.20 Å². The van der Waals surface area contributed by atoms with E-state index < -0.39 is 48.0 Å². The summed E-state index contributed by atoms with van der Waals surface area (Å²) >= 11 is 0. The highest BCUT2D eigenvalue weighted by Crippen LogP contribution is 2.65. The number of nitrogens with two attached hydrogens (primary N) is 1. The predicted molar refractivity (Wildman–Crippen MR) is 83.6 cm³/mol. The minimum atomic E-state index is -5.58. The summed E-state index contributed by atoms with van der Waals surface area (Å²) in [7, 11) is -16.1. The lowest BCUT2D eigenvalue weighted by atomic mass is 10.3. The van der Waals surface area contributed by atoms with Gasteiger partial charge in [-0.25, -0.2) is 18.2 Å². The quantitative estimate of drug-likeness (QED) is 0.229. The Bertz CT molecular complexity index is 820. The van der Waals surface area contributed by atoms with Crippen LogP contribution in [-0.4, -0.2) is 53.3 Å². The molecule has 1 rings (SSSR count). The maximum atomic E-state index is 11.7. The van der Waals surface area contributed by atoms with Gasteiger partial charge in [0.1, 0.15) is 12.2 Å². The molecule has 0 saturated carbocycles. The third-order valence-corrected chi connectivity index (χ3v) is 6.41. The van der Waals surface area contributed by atoms with E-state index >= 15 is 0 Å². The number of anilines is 1. The van der Waals surface area contributed by atoms with Gasteiger partial charge in [0.05, 0.1) is 19.3 Å². The van der Waals surface area contributed by atoms with Crippen LogP contribution in [0.5, 0.6) is 0 Å². The van der Waals surface area contributed by atoms with Crippen LogP contribution >= 0.6 is 23.2 Å². The Morgan fingerprint density at radius 3 is 2.31 bits per heavy atom. The first-order valence-electron chi connectivity index (χ1n) is 6.41. The van der Waals surface area contributed by atoms with E-state index in [1.54, 1.807) is 0 Å². The Hall–Kier alpha value is -0.950. The second-order valence-electron chi connectivity index (χ2n) is 4.65. The summed E-state index contributed by atoms with van der Waals surface area (Å²) in [6, 6.07) is 1.28. The van der Waals surface area contributed by atoms with Gasteiger partial charge in [0.2, 0.25) is 0 Å². The topological polar surface area (TPSA) is 241 Å². The summed E-state index contributed by atoms with van der Waals surface area (Å²) in [5.41, 5.74) is 4.51. The molecule has 1 aromatic rings. The summed E-state index contributed by atoms with van der Waals surface area (Å²) in [4.78, 5) is 50.2. The lowest BCUT2D eigenvalue weighted by Crippen LogP contribution is -2.32. The molecule has 0 saturated heterocycles. The first-order chi connectivity index (χ1) is 11.7. The van der Waals surface area contributed by atoms with E-state index in [1.807, 2.05) is 0 Å². The number of aromatic nitrogens is 2. The maximum absolute atomic E-state index is 11.7. The summed E-state index contributed by atoms with van der Waals surface area (Å²) < 4.78 is 46.3. The molecule has 0 aliphatic heterocycles. The summed E-state index contributed by atoms with van der Waals surface area (Å²) in [6.07, 6.45) is -1.27. The lowest BCUT2D eigenvalue weighted by molar-refractivity contribution is 0.0188. The van der Waals surface area contributed by atoms with Crippen LogP contribution in [0.4, 0.5) is 5.82 Å². The average Bonchev–Trinajstić information content (AvgIpc) is 2.41. The fourth-order valence-corrected chi connectivity index (χ4v) is 4.84. The highest BCUT2D eigenvalue weighted by atomic mass is 31.3. The molecule has 2 unspecified atom stereocenters. The Labute approximate surface area is 145 Å². The third-order valence-electron chi connectivity index (χ3n) is 2.41. The number of hydrogen-bond donors (Lipinski definition) is 6. The van der Waals surface area contributed by atoms with Gasteiger partial charge >= 0.3 is 28.9 Å². The molecule has 0 amide bonds. The van der Waals surface area contributed by atoms with E-state index in [4.69, 9.17) is 25.2 Å². The van der Waals surface area contributed by atoms with Crippen molar-refractivity contribution in [1.82, 2.24) is 9.55 Å². The molecule has 1 aromatic heterocycles. The van der Waals surface area contributed by atoms with Gasteiger partial charge in [-0.2, -0.15) is 9.29 Å². The zero-order valence-corrected chi connectivity index (χ0v) is 15.4. The van der Waals surface area contributed by atoms with Crippen LogP contribution in [0.25, 0.3) is 0 Å². The van der Waals surface area contributed by atoms with E-state index in [1.165, 1.54) is 12.3 Å². The number of ether oxygens (including phenoxy) is 1. The van der Waals surface area contributed by atoms with E-state index in [0.29, 0.717) is 0 Å². The van der Waals surface area contributed by atoms with Crippen molar-refractivity contribution in [3.8, 4) is 0 Å². The van der Waals surface area contributed by atoms with Gasteiger partial charge in [-0.05, 0) is 6.07 Å². The van der Waals surface area contributed by atoms with E-state index in [0.717, 1.165) is 4.57 Å². The van der Waals surface area contributed by atoms with Crippen LogP contribution in [-0.2, 0) is 33.6 Å². The molecule has 0 fully saturated rings. The first-order valence-corrected chi connectivity index (χ1v) is 11.2. The third kappa shape index (κ3) is 8.62. The van der Waals surface area contributed by atoms with Gasteiger partial charge in [-0.15, -0.1) is 0 Å². The van der Waals surface area contributed by atoms with Gasteiger partial charge in [-0.1, -0.05) is 0 Å². The smallest absolute Gasteiger partial charge is 0.394 e. The number of nitrogens with zero attached hydrogens (tertiary/aromatic N) is 2. The van der Waals surface area contributed by atoms with Crippen molar-refractivity contribution in [3.63, 3.8) is 0 Å². The molecule has 0 aromatic carbocycles. The average molecular weight is 439 g/mol. The van der Waals surface area contributed by atoms with Crippen LogP contribution < -0.4 is 11.4 Å². The minimum absolute atomic E-state index is 0.0512. The number of aliphatic hydroxyl groups is 1. The Morgan fingerprint density at radius 2 is 1.81 bits per heavy atom. The number of rotatable bonds is 10. The van der Waals surface area contributed by atoms with Crippen LogP contribution in [0.3, 0.4) is 0 Å². The van der Waals surface area contributed by atoms with Crippen molar-refractivity contribution in [1.29, 1.82) is 0 Å². The van der Waals surface area contributed by atoms with Crippen LogP contribution in [0, 0.1) is 0 Å². The first kappa shape index (κ1) is 23.1. The summed E-state index contributed by atoms with van der Waals surface area (Å²) in [6.45, 7) is -1.05. The molecule has 1 heterocycles. The predicted octanol–water partition coefficient (Wildman–Crippen LogP) is -1.43. The molecule has 0 aliphatic carbocycles. The van der Waals surface area contributed by atoms with Gasteiger partial charge < -0.3 is 35.2 Å². The Balaban J connectivity index is 2.71. The number of phosphoric acid groups is 2. The van der Waals surface area contributed by atoms with Gasteiger partial charge in [0.15, 0.2) is 0 Å². The molecule has 0 radical (unpaired) electrons. The SMILES string of the molecule is Nc1ccn(C[C@@H](CO)OCP(=O)(O)OP(=O)(O)OP(=O)(O)O)c(=O)n1. The zero-order valence-electron chi connectivity index (χ0n) is 12.8. The summed E-state index contributed by atoms with van der Waals surface area (Å²) in [5, 5.41) is 9.19. The highest BCUT2D eigenvalue weighted by molar-refractivity contribution is 7.68. The van der Waals surface area contributed by atoms with Crippen molar-refractivity contribution in [2.75, 3.05) is 18.7 Å². The van der Waals surface area contributed by atoms with Crippen LogP contribution in [0.15, 0.2) is 17.1 Å². The monoisotopic (exact) mass is 439 g/mol. The second-order valence-corrected chi connectivity index (χ2v) is 9.41. The van der Waals surface area contributed by atoms with Crippen molar-refractivity contribution in [3.05, 3.63) is 22.7 Å². The lowest BCUT2D eigenvalue weighted by Gasteiger charge is -2.20. The van der Waals surface area contributed by atoms with E-state index in [9.17, 15) is 28.5 Å². The second kappa shape index (κ2) is 8.83. The standard InChI is InChI=1S/C8H16N3O12P3/c9-7-1-2-11(8(13)10-7)3-6(4-12)21-5-24(14,15)22-26(19,20)23-25(16,17)18/h1-2,6,12H,3-5H2,(H,14,15)(H,19,20)(H2,9,10,13)(H2,16,17,18)/t6-/m0/s1. The minimum Gasteiger partial charge on any atom is -0.394 e. The molecule has 18 heteroatoms. The Morgan fingerprint density at radius 1 is 1.19 bits per heavy atom. The van der Waals surface area contributed by atoms with Crippen molar-refractivity contribution < 1.29 is 51.7 Å². The molecule has 0 bridgehead atoms. The molecular weight excluding hydrogens is 423 g/mol. The molecular formula is C8H16N3O12P3. The molecule has 26 heavy (non-hydrogen) atoms. The van der Waals surface area contributed by atoms with E-state index in [2.05, 4.69) is 13.6 Å². The molecule has 7 N–H and O–H groups in total. The van der Waals surface area contributed by atoms with Crippen LogP contribution in [0.1, 0.15) is 0 Å². The number of hydrogen-bond acceptors (Lipinski definition) is 10. The molecule has 3 atom stereocenters. The molecule has 0 spiro atoms. The maximum Gasteiger partial charge on any atom is 0.488 e. The highest BCUT2D eigenvalue weighted by Gasteiger charge is 2.40. The van der Waals surface area contributed by atoms with Crippen LogP contribution in [0.2, 0.25) is 0 Å². The summed E-state index contributed by atoms with van der Waals surface area (Å²) in [5.74, 6) is -0.0512. The normalized spacial score (nSPS) is 18.0. The van der Waals surface area contributed by atoms with E-state index in [-0.39, 0.29) is 12.4 Å². The molecule has 150 valence electrons. The fourth-order valence-electron chi connectivity index (χ4n) is 1.50. The number of aliphatic hydroxyl groups excluding tert-OH is 1. The van der Waals surface area contributed by atoms with Gasteiger partial charge in [0.25, 0.3) is 0 Å².